The van der Waals surface area contributed by atoms with E-state index in [4.69, 9.17) is 4.52 Å². The fourth-order valence-corrected chi connectivity index (χ4v) is 4.81. The second-order valence-electron chi connectivity index (χ2n) is 10.1. The van der Waals surface area contributed by atoms with E-state index in [-0.39, 0.29) is 0 Å². The van der Waals surface area contributed by atoms with Gasteiger partial charge in [-0.05, 0) is 61.4 Å². The molecule has 0 radical (unpaired) electrons. The molecule has 1 aliphatic rings. The van der Waals surface area contributed by atoms with Crippen LogP contribution in [0, 0.1) is 18.8 Å². The van der Waals surface area contributed by atoms with E-state index < -0.39 is 11.7 Å². The van der Waals surface area contributed by atoms with Gasteiger partial charge < -0.3 is 14.7 Å². The number of H-pyrrole nitrogens is 1. The van der Waals surface area contributed by atoms with Gasteiger partial charge in [0, 0.05) is 43.8 Å². The van der Waals surface area contributed by atoms with Crippen LogP contribution in [0.1, 0.15) is 27.9 Å². The van der Waals surface area contributed by atoms with Crippen molar-refractivity contribution in [2.24, 2.45) is 0 Å². The molecule has 1 fully saturated rings. The van der Waals surface area contributed by atoms with Crippen molar-refractivity contribution >= 4 is 33.4 Å². The summed E-state index contributed by atoms with van der Waals surface area (Å²) in [5.41, 5.74) is 3.51. The number of alkyl halides is 3. The second-order valence-corrected chi connectivity index (χ2v) is 10.1. The highest BCUT2D eigenvalue weighted by Gasteiger charge is 2.31. The number of aromatic amines is 1. The SMILES string of the molecule is Cc1ccc2c(Nc3cc(CN4CCN(C)CC4)cc(C(F)(F)F)c3)noc2c1C#Cc1cc2cn[nH]c2cn1. The first-order valence-corrected chi connectivity index (χ1v) is 12.8. The Hall–Kier alpha value is -4.40. The van der Waals surface area contributed by atoms with Gasteiger partial charge in [0.05, 0.1) is 34.4 Å². The number of aryl methyl sites for hydroxylation is 1. The van der Waals surface area contributed by atoms with Crippen LogP contribution < -0.4 is 5.32 Å². The Morgan fingerprint density at radius 3 is 2.67 bits per heavy atom. The predicted molar refractivity (Wildman–Crippen MR) is 146 cm³/mol. The molecule has 6 rings (SSSR count). The average Bonchev–Trinajstić information content (AvgIpc) is 3.55. The number of nitrogens with zero attached hydrogens (tertiary/aromatic N) is 5. The molecule has 0 aliphatic carbocycles. The van der Waals surface area contributed by atoms with Gasteiger partial charge in [0.2, 0.25) is 0 Å². The maximum atomic E-state index is 13.8. The van der Waals surface area contributed by atoms with E-state index in [0.29, 0.717) is 45.8 Å². The molecule has 8 nitrogen and oxygen atoms in total. The van der Waals surface area contributed by atoms with E-state index in [1.54, 1.807) is 18.5 Å². The topological polar surface area (TPSA) is 86.1 Å². The molecule has 2 N–H and O–H groups in total. The quantitative estimate of drug-likeness (QED) is 0.296. The maximum absolute atomic E-state index is 13.8. The molecule has 0 saturated carbocycles. The molecule has 1 saturated heterocycles. The summed E-state index contributed by atoms with van der Waals surface area (Å²) in [6.45, 7) is 5.71. The molecule has 4 heterocycles. The summed E-state index contributed by atoms with van der Waals surface area (Å²) in [7, 11) is 2.04. The number of rotatable bonds is 4. The minimum Gasteiger partial charge on any atom is -0.353 e. The van der Waals surface area contributed by atoms with Gasteiger partial charge in [-0.1, -0.05) is 17.1 Å². The van der Waals surface area contributed by atoms with Gasteiger partial charge in [0.25, 0.3) is 0 Å². The Bertz CT molecular complexity index is 1750. The van der Waals surface area contributed by atoms with Gasteiger partial charge in [-0.2, -0.15) is 18.3 Å². The Balaban J connectivity index is 1.31. The highest BCUT2D eigenvalue weighted by molar-refractivity contribution is 5.94. The number of piperazine rings is 1. The summed E-state index contributed by atoms with van der Waals surface area (Å²) >= 11 is 0. The van der Waals surface area contributed by atoms with Crippen molar-refractivity contribution in [3.8, 4) is 11.8 Å². The van der Waals surface area contributed by atoms with Gasteiger partial charge in [-0.25, -0.2) is 4.98 Å². The number of pyridine rings is 1. The zero-order chi connectivity index (χ0) is 27.9. The van der Waals surface area contributed by atoms with Gasteiger partial charge >= 0.3 is 6.18 Å². The Morgan fingerprint density at radius 2 is 1.88 bits per heavy atom. The Labute approximate surface area is 228 Å². The van der Waals surface area contributed by atoms with Crippen LogP contribution in [-0.4, -0.2) is 63.4 Å². The third-order valence-electron chi connectivity index (χ3n) is 7.07. The van der Waals surface area contributed by atoms with Crippen molar-refractivity contribution in [2.45, 2.75) is 19.6 Å². The standard InChI is InChI=1S/C29H26F3N7O/c1-18-3-5-25-27(24(18)6-4-22-13-20-15-34-36-26(20)16-33-22)40-37-28(25)35-23-12-19(11-21(14-23)29(30,31)32)17-39-9-7-38(2)8-10-39/h3,5,11-16H,7-10,17H2,1-2H3,(H,34,36)(H,35,37). The van der Waals surface area contributed by atoms with Crippen LogP contribution in [-0.2, 0) is 12.7 Å². The molecule has 0 atom stereocenters. The number of anilines is 2. The van der Waals surface area contributed by atoms with Crippen molar-refractivity contribution < 1.29 is 17.7 Å². The van der Waals surface area contributed by atoms with Crippen molar-refractivity contribution in [2.75, 3.05) is 38.5 Å². The summed E-state index contributed by atoms with van der Waals surface area (Å²) in [5, 5.41) is 15.6. The molecular weight excluding hydrogens is 519 g/mol. The minimum absolute atomic E-state index is 0.292. The lowest BCUT2D eigenvalue weighted by molar-refractivity contribution is -0.137. The van der Waals surface area contributed by atoms with Crippen LogP contribution in [0.4, 0.5) is 24.7 Å². The van der Waals surface area contributed by atoms with Crippen molar-refractivity contribution in [3.05, 3.63) is 76.7 Å². The van der Waals surface area contributed by atoms with Crippen molar-refractivity contribution in [1.29, 1.82) is 0 Å². The van der Waals surface area contributed by atoms with Crippen molar-refractivity contribution in [3.63, 3.8) is 0 Å². The Kier molecular flexibility index (Phi) is 6.65. The minimum atomic E-state index is -4.48. The van der Waals surface area contributed by atoms with Crippen LogP contribution in [0.3, 0.4) is 0 Å². The number of halogens is 3. The highest BCUT2D eigenvalue weighted by Crippen LogP contribution is 2.35. The molecule has 3 aromatic heterocycles. The normalized spacial score (nSPS) is 14.9. The first-order valence-electron chi connectivity index (χ1n) is 12.8. The van der Waals surface area contributed by atoms with Gasteiger partial charge in [0.15, 0.2) is 11.4 Å². The molecule has 11 heteroatoms. The van der Waals surface area contributed by atoms with Crippen LogP contribution in [0.2, 0.25) is 0 Å². The van der Waals surface area contributed by atoms with Gasteiger partial charge in [-0.15, -0.1) is 0 Å². The van der Waals surface area contributed by atoms with E-state index >= 15 is 0 Å². The number of hydrogen-bond donors (Lipinski definition) is 2. The zero-order valence-corrected chi connectivity index (χ0v) is 21.9. The molecule has 40 heavy (non-hydrogen) atoms. The number of benzene rings is 2. The van der Waals surface area contributed by atoms with E-state index in [0.717, 1.165) is 48.7 Å². The van der Waals surface area contributed by atoms with Crippen LogP contribution in [0.15, 0.2) is 53.3 Å². The predicted octanol–water partition coefficient (Wildman–Crippen LogP) is 5.32. The third kappa shape index (κ3) is 5.36. The largest absolute Gasteiger partial charge is 0.416 e. The fraction of sp³-hybridized carbons (Fsp3) is 0.276. The summed E-state index contributed by atoms with van der Waals surface area (Å²) < 4.78 is 47.0. The Morgan fingerprint density at radius 1 is 1.05 bits per heavy atom. The van der Waals surface area contributed by atoms with Gasteiger partial charge in [0.1, 0.15) is 5.69 Å². The molecule has 5 aromatic rings. The lowest BCUT2D eigenvalue weighted by atomic mass is 10.1. The van der Waals surface area contributed by atoms with Crippen LogP contribution in [0.5, 0.6) is 0 Å². The van der Waals surface area contributed by atoms with E-state index in [9.17, 15) is 13.2 Å². The van der Waals surface area contributed by atoms with E-state index in [1.807, 2.05) is 32.2 Å². The third-order valence-corrected chi connectivity index (χ3v) is 7.07. The van der Waals surface area contributed by atoms with Gasteiger partial charge in [-0.3, -0.25) is 10.00 Å². The molecule has 0 bridgehead atoms. The monoisotopic (exact) mass is 545 g/mol. The second kappa shape index (κ2) is 10.3. The first-order chi connectivity index (χ1) is 19.2. The number of hydrogen-bond acceptors (Lipinski definition) is 7. The van der Waals surface area contributed by atoms with Crippen molar-refractivity contribution in [1.82, 2.24) is 30.1 Å². The summed E-state index contributed by atoms with van der Waals surface area (Å²) in [6.07, 6.45) is -1.11. The first kappa shape index (κ1) is 25.9. The molecule has 0 amide bonds. The smallest absolute Gasteiger partial charge is 0.353 e. The number of nitrogens with one attached hydrogen (secondary N) is 2. The molecule has 204 valence electrons. The molecular formula is C29H26F3N7O. The summed E-state index contributed by atoms with van der Waals surface area (Å²) in [5.74, 6) is 6.52. The van der Waals surface area contributed by atoms with E-state index in [2.05, 4.69) is 47.3 Å². The summed E-state index contributed by atoms with van der Waals surface area (Å²) in [4.78, 5) is 8.72. The van der Waals surface area contributed by atoms with Crippen LogP contribution >= 0.6 is 0 Å². The molecule has 0 unspecified atom stereocenters. The lowest BCUT2D eigenvalue weighted by Crippen LogP contribution is -2.43. The maximum Gasteiger partial charge on any atom is 0.416 e. The number of fused-ring (bicyclic) bond motifs is 2. The molecule has 1 aliphatic heterocycles. The highest BCUT2D eigenvalue weighted by atomic mass is 19.4. The number of aromatic nitrogens is 4. The summed E-state index contributed by atoms with van der Waals surface area (Å²) in [6, 6.07) is 9.59. The lowest BCUT2D eigenvalue weighted by Gasteiger charge is -2.32. The molecule has 2 aromatic carbocycles. The van der Waals surface area contributed by atoms with Crippen LogP contribution in [0.25, 0.3) is 21.9 Å². The molecule has 0 spiro atoms. The zero-order valence-electron chi connectivity index (χ0n) is 21.9. The average molecular weight is 546 g/mol. The number of likely N-dealkylation sites (N-methyl/N-ethyl adjacent to an activating group) is 1. The fourth-order valence-electron chi connectivity index (χ4n) is 4.81. The van der Waals surface area contributed by atoms with E-state index in [1.165, 1.54) is 6.07 Å².